The van der Waals surface area contributed by atoms with Crippen molar-refractivity contribution in [3.8, 4) is 56.4 Å². The first-order valence-electron chi connectivity index (χ1n) is 15.9. The second-order valence-electron chi connectivity index (χ2n) is 11.7. The van der Waals surface area contributed by atoms with Crippen LogP contribution in [0, 0.1) is 0 Å². The molecule has 0 spiro atoms. The van der Waals surface area contributed by atoms with E-state index in [9.17, 15) is 0 Å². The van der Waals surface area contributed by atoms with E-state index >= 15 is 0 Å². The van der Waals surface area contributed by atoms with Crippen LogP contribution in [0.15, 0.2) is 164 Å². The van der Waals surface area contributed by atoms with Crippen LogP contribution >= 0.6 is 0 Å². The van der Waals surface area contributed by atoms with Crippen LogP contribution in [0.5, 0.6) is 0 Å². The Morgan fingerprint density at radius 3 is 1.48 bits per heavy atom. The molecular formula is C43H27N5. The van der Waals surface area contributed by atoms with Crippen molar-refractivity contribution in [2.75, 3.05) is 0 Å². The predicted octanol–water partition coefficient (Wildman–Crippen LogP) is 10.5. The molecule has 0 aliphatic heterocycles. The third-order valence-corrected chi connectivity index (χ3v) is 8.78. The van der Waals surface area contributed by atoms with Crippen LogP contribution in [0.3, 0.4) is 0 Å². The van der Waals surface area contributed by atoms with Gasteiger partial charge < -0.3 is 0 Å². The fraction of sp³-hybridized carbons (Fsp3) is 0. The molecule has 0 aliphatic rings. The van der Waals surface area contributed by atoms with E-state index in [-0.39, 0.29) is 0 Å². The lowest BCUT2D eigenvalue weighted by molar-refractivity contribution is 1.22. The molecule has 48 heavy (non-hydrogen) atoms. The molecule has 0 bridgehead atoms. The molecule has 5 aromatic heterocycles. The Hall–Kier alpha value is -6.59. The van der Waals surface area contributed by atoms with E-state index in [2.05, 4.69) is 107 Å². The summed E-state index contributed by atoms with van der Waals surface area (Å²) in [6, 6.07) is 51.9. The van der Waals surface area contributed by atoms with Crippen LogP contribution in [0.2, 0.25) is 0 Å². The molecule has 5 nitrogen and oxygen atoms in total. The van der Waals surface area contributed by atoms with Crippen molar-refractivity contribution < 1.29 is 0 Å². The minimum absolute atomic E-state index is 0.798. The van der Waals surface area contributed by atoms with Crippen LogP contribution in [-0.2, 0) is 0 Å². The minimum Gasteiger partial charge on any atom is -0.255 e. The third kappa shape index (κ3) is 4.95. The lowest BCUT2D eigenvalue weighted by Crippen LogP contribution is -1.94. The van der Waals surface area contributed by atoms with E-state index in [0.717, 1.165) is 89.0 Å². The Kier molecular flexibility index (Phi) is 6.72. The molecule has 0 fully saturated rings. The van der Waals surface area contributed by atoms with Crippen LogP contribution < -0.4 is 0 Å². The molecule has 9 aromatic rings. The zero-order valence-corrected chi connectivity index (χ0v) is 25.8. The number of fused-ring (bicyclic) bond motifs is 4. The summed E-state index contributed by atoms with van der Waals surface area (Å²) in [5.74, 6) is 0. The van der Waals surface area contributed by atoms with E-state index < -0.39 is 0 Å². The highest BCUT2D eigenvalue weighted by Crippen LogP contribution is 2.37. The van der Waals surface area contributed by atoms with Crippen molar-refractivity contribution in [3.05, 3.63) is 164 Å². The smallest absolute Gasteiger partial charge is 0.0972 e. The van der Waals surface area contributed by atoms with Gasteiger partial charge >= 0.3 is 0 Å². The molecule has 0 radical (unpaired) electrons. The highest BCUT2D eigenvalue weighted by atomic mass is 14.8. The maximum Gasteiger partial charge on any atom is 0.0972 e. The van der Waals surface area contributed by atoms with Crippen molar-refractivity contribution in [1.82, 2.24) is 24.9 Å². The fourth-order valence-corrected chi connectivity index (χ4v) is 6.45. The molecule has 0 aliphatic carbocycles. The normalized spacial score (nSPS) is 11.3. The Morgan fingerprint density at radius 2 is 0.854 bits per heavy atom. The van der Waals surface area contributed by atoms with Gasteiger partial charge in [0.2, 0.25) is 0 Å². The fourth-order valence-electron chi connectivity index (χ4n) is 6.45. The van der Waals surface area contributed by atoms with Crippen molar-refractivity contribution in [2.45, 2.75) is 0 Å². The van der Waals surface area contributed by atoms with Crippen LogP contribution in [0.4, 0.5) is 0 Å². The van der Waals surface area contributed by atoms with E-state index in [1.807, 2.05) is 54.6 Å². The molecule has 5 heteroatoms. The lowest BCUT2D eigenvalue weighted by atomic mass is 9.93. The van der Waals surface area contributed by atoms with Gasteiger partial charge in [-0.15, -0.1) is 0 Å². The van der Waals surface area contributed by atoms with Gasteiger partial charge in [0.25, 0.3) is 0 Å². The van der Waals surface area contributed by atoms with E-state index in [0.29, 0.717) is 0 Å². The first-order valence-corrected chi connectivity index (χ1v) is 15.9. The molecule has 0 N–H and O–H groups in total. The van der Waals surface area contributed by atoms with E-state index in [1.165, 1.54) is 0 Å². The molecule has 5 heterocycles. The maximum absolute atomic E-state index is 5.28. The number of pyridine rings is 5. The zero-order chi connectivity index (χ0) is 31.9. The summed E-state index contributed by atoms with van der Waals surface area (Å²) in [6.07, 6.45) is 3.60. The van der Waals surface area contributed by atoms with Gasteiger partial charge in [-0.05, 0) is 70.4 Å². The Balaban J connectivity index is 1.22. The molecule has 4 aromatic carbocycles. The van der Waals surface area contributed by atoms with Crippen LogP contribution in [0.25, 0.3) is 89.0 Å². The number of rotatable bonds is 5. The zero-order valence-electron chi connectivity index (χ0n) is 25.8. The van der Waals surface area contributed by atoms with Gasteiger partial charge in [0, 0.05) is 34.3 Å². The SMILES string of the molecule is c1ccc(-c2ccc3ccc4ccc(-c5cccc6c(-c7cc(-c8ccccn8)nc(-c8ccccn8)c7)cccc56)nc4c3n2)cc1. The van der Waals surface area contributed by atoms with Crippen molar-refractivity contribution >= 4 is 32.6 Å². The molecule has 224 valence electrons. The third-order valence-electron chi connectivity index (χ3n) is 8.78. The Bertz CT molecular complexity index is 2550. The molecular weight excluding hydrogens is 587 g/mol. The van der Waals surface area contributed by atoms with Crippen LogP contribution in [0.1, 0.15) is 0 Å². The summed E-state index contributed by atoms with van der Waals surface area (Å²) in [7, 11) is 0. The number of hydrogen-bond donors (Lipinski definition) is 0. The average Bonchev–Trinajstić information content (AvgIpc) is 3.18. The molecule has 0 saturated carbocycles. The standard InChI is InChI=1S/C43H27N5/c1-2-10-28(11-3-1)36-22-20-29-18-19-30-21-23-37(48-43(30)42(29)47-36)35-15-9-13-33-32(12-8-14-34(33)35)31-26-40(38-16-4-6-24-44-38)46-41(27-31)39-17-5-7-25-45-39/h1-27H. The first kappa shape index (κ1) is 27.7. The number of nitrogens with zero attached hydrogens (tertiary/aromatic N) is 5. The summed E-state index contributed by atoms with van der Waals surface area (Å²) in [5, 5.41) is 4.38. The summed E-state index contributed by atoms with van der Waals surface area (Å²) in [4.78, 5) is 24.6. The summed E-state index contributed by atoms with van der Waals surface area (Å²) in [5.41, 5.74) is 11.2. The first-order chi connectivity index (χ1) is 23.8. The minimum atomic E-state index is 0.798. The topological polar surface area (TPSA) is 64.5 Å². The molecule has 9 rings (SSSR count). The van der Waals surface area contributed by atoms with Crippen molar-refractivity contribution in [1.29, 1.82) is 0 Å². The maximum atomic E-state index is 5.28. The summed E-state index contributed by atoms with van der Waals surface area (Å²) >= 11 is 0. The van der Waals surface area contributed by atoms with Gasteiger partial charge in [-0.1, -0.05) is 103 Å². The Labute approximate surface area is 277 Å². The van der Waals surface area contributed by atoms with Gasteiger partial charge in [0.1, 0.15) is 0 Å². The van der Waals surface area contributed by atoms with E-state index in [4.69, 9.17) is 15.0 Å². The van der Waals surface area contributed by atoms with Crippen molar-refractivity contribution in [2.24, 2.45) is 0 Å². The second-order valence-corrected chi connectivity index (χ2v) is 11.7. The highest BCUT2D eigenvalue weighted by Gasteiger charge is 2.15. The summed E-state index contributed by atoms with van der Waals surface area (Å²) in [6.45, 7) is 0. The molecule has 0 atom stereocenters. The highest BCUT2D eigenvalue weighted by molar-refractivity contribution is 6.07. The second kappa shape index (κ2) is 11.6. The van der Waals surface area contributed by atoms with Crippen LogP contribution in [-0.4, -0.2) is 24.9 Å². The van der Waals surface area contributed by atoms with Gasteiger partial charge in [-0.3, -0.25) is 9.97 Å². The predicted molar refractivity (Wildman–Crippen MR) is 195 cm³/mol. The van der Waals surface area contributed by atoms with Gasteiger partial charge in [0.15, 0.2) is 0 Å². The molecule has 0 amide bonds. The van der Waals surface area contributed by atoms with E-state index in [1.54, 1.807) is 12.4 Å². The largest absolute Gasteiger partial charge is 0.255 e. The summed E-state index contributed by atoms with van der Waals surface area (Å²) < 4.78 is 0. The van der Waals surface area contributed by atoms with Gasteiger partial charge in [-0.2, -0.15) is 0 Å². The monoisotopic (exact) mass is 613 g/mol. The quantitative estimate of drug-likeness (QED) is 0.181. The molecule has 0 saturated heterocycles. The van der Waals surface area contributed by atoms with Gasteiger partial charge in [0.05, 0.1) is 45.2 Å². The number of benzene rings is 4. The van der Waals surface area contributed by atoms with Gasteiger partial charge in [-0.25, -0.2) is 15.0 Å². The van der Waals surface area contributed by atoms with Crippen molar-refractivity contribution in [3.63, 3.8) is 0 Å². The number of aromatic nitrogens is 5. The molecule has 0 unspecified atom stereocenters. The average molecular weight is 614 g/mol. The lowest BCUT2D eigenvalue weighted by Gasteiger charge is -2.14. The number of hydrogen-bond acceptors (Lipinski definition) is 5. The Morgan fingerprint density at radius 1 is 0.312 bits per heavy atom.